The molecule has 0 unspecified atom stereocenters. The second-order valence-corrected chi connectivity index (χ2v) is 6.83. The first-order chi connectivity index (χ1) is 9.49. The van der Waals surface area contributed by atoms with Crippen LogP contribution in [0, 0.1) is 5.92 Å². The van der Waals surface area contributed by atoms with Gasteiger partial charge in [0, 0.05) is 24.6 Å². The highest BCUT2D eigenvalue weighted by Crippen LogP contribution is 2.29. The highest BCUT2D eigenvalue weighted by atomic mass is 32.2. The number of Topliss-reactive ketones (excluding diaryl/α,β-unsaturated/α-hetero) is 1. The number of hydrogen-bond donors (Lipinski definition) is 0. The summed E-state index contributed by atoms with van der Waals surface area (Å²) in [5, 5.41) is 0. The van der Waals surface area contributed by atoms with Crippen molar-refractivity contribution in [1.82, 2.24) is 4.90 Å². The van der Waals surface area contributed by atoms with Crippen LogP contribution < -0.4 is 0 Å². The number of hydrogen-bond acceptors (Lipinski definition) is 4. The van der Waals surface area contributed by atoms with E-state index < -0.39 is 10.0 Å². The Morgan fingerprint density at radius 2 is 1.90 bits per heavy atom. The Labute approximate surface area is 118 Å². The van der Waals surface area contributed by atoms with Gasteiger partial charge in [-0.25, -0.2) is 0 Å². The number of ketones is 1. The van der Waals surface area contributed by atoms with E-state index in [2.05, 4.69) is 4.40 Å². The quantitative estimate of drug-likeness (QED) is 0.785. The van der Waals surface area contributed by atoms with Gasteiger partial charge in [-0.15, -0.1) is 4.40 Å². The van der Waals surface area contributed by atoms with Crippen LogP contribution in [0.4, 0.5) is 0 Å². The molecular weight excluding hydrogens is 276 g/mol. The third-order valence-corrected chi connectivity index (χ3v) is 5.31. The van der Waals surface area contributed by atoms with Crippen molar-refractivity contribution in [3.63, 3.8) is 0 Å². The standard InChI is InChI=1S/C14H16N2O3S/c1-10(17)11-6-8-16(9-7-11)14-12-4-2-3-5-13(12)20(18,19)15-14/h2-5,11H,6-9H2,1H3. The molecule has 1 aromatic carbocycles. The van der Waals surface area contributed by atoms with E-state index in [1.807, 2.05) is 11.0 Å². The predicted octanol–water partition coefficient (Wildman–Crippen LogP) is 1.44. The Balaban J connectivity index is 1.88. The second kappa shape index (κ2) is 4.70. The maximum atomic E-state index is 12.0. The Morgan fingerprint density at radius 1 is 1.25 bits per heavy atom. The van der Waals surface area contributed by atoms with E-state index in [0.717, 1.165) is 12.8 Å². The highest BCUT2D eigenvalue weighted by Gasteiger charge is 2.33. The number of likely N-dealkylation sites (tertiary alicyclic amines) is 1. The summed E-state index contributed by atoms with van der Waals surface area (Å²) in [5.41, 5.74) is 0.675. The molecule has 1 fully saturated rings. The Hall–Kier alpha value is -1.69. The Morgan fingerprint density at radius 3 is 2.55 bits per heavy atom. The van der Waals surface area contributed by atoms with Gasteiger partial charge in [0.15, 0.2) is 5.84 Å². The minimum atomic E-state index is -3.55. The summed E-state index contributed by atoms with van der Waals surface area (Å²) in [5.74, 6) is 0.841. The van der Waals surface area contributed by atoms with Crippen molar-refractivity contribution in [1.29, 1.82) is 0 Å². The van der Waals surface area contributed by atoms with E-state index in [-0.39, 0.29) is 16.6 Å². The molecule has 5 nitrogen and oxygen atoms in total. The van der Waals surface area contributed by atoms with E-state index in [0.29, 0.717) is 24.5 Å². The Bertz CT molecular complexity index is 686. The highest BCUT2D eigenvalue weighted by molar-refractivity contribution is 7.90. The number of carbonyl (C=O) groups excluding carboxylic acids is 1. The van der Waals surface area contributed by atoms with Crippen LogP contribution in [0.1, 0.15) is 25.3 Å². The predicted molar refractivity (Wildman–Crippen MR) is 75.1 cm³/mol. The number of rotatable bonds is 1. The van der Waals surface area contributed by atoms with Crippen molar-refractivity contribution in [2.24, 2.45) is 10.3 Å². The SMILES string of the molecule is CC(=O)C1CCN(C2=NS(=O)(=O)c3ccccc32)CC1. The number of fused-ring (bicyclic) bond motifs is 1. The zero-order valence-electron chi connectivity index (χ0n) is 11.2. The topological polar surface area (TPSA) is 66.8 Å². The lowest BCUT2D eigenvalue weighted by atomic mass is 9.93. The maximum absolute atomic E-state index is 12.0. The van der Waals surface area contributed by atoms with Crippen LogP contribution in [-0.2, 0) is 14.8 Å². The average Bonchev–Trinajstić information content (AvgIpc) is 2.72. The molecule has 0 atom stereocenters. The molecule has 0 N–H and O–H groups in total. The van der Waals surface area contributed by atoms with Crippen LogP contribution in [0.5, 0.6) is 0 Å². The Kier molecular flexibility index (Phi) is 3.12. The van der Waals surface area contributed by atoms with Gasteiger partial charge in [0.1, 0.15) is 10.7 Å². The van der Waals surface area contributed by atoms with Crippen LogP contribution >= 0.6 is 0 Å². The number of nitrogens with zero attached hydrogens (tertiary/aromatic N) is 2. The first-order valence-electron chi connectivity index (χ1n) is 6.69. The molecule has 2 heterocycles. The molecule has 1 aromatic rings. The monoisotopic (exact) mass is 292 g/mol. The number of benzene rings is 1. The third-order valence-electron chi connectivity index (χ3n) is 3.98. The molecule has 0 amide bonds. The molecule has 1 saturated heterocycles. The molecule has 0 spiro atoms. The first kappa shape index (κ1) is 13.3. The zero-order chi connectivity index (χ0) is 14.3. The number of amidine groups is 1. The van der Waals surface area contributed by atoms with Gasteiger partial charge in [0.05, 0.1) is 0 Å². The number of carbonyl (C=O) groups is 1. The largest absolute Gasteiger partial charge is 0.355 e. The summed E-state index contributed by atoms with van der Waals surface area (Å²) in [7, 11) is -3.55. The van der Waals surface area contributed by atoms with Crippen molar-refractivity contribution >= 4 is 21.6 Å². The van der Waals surface area contributed by atoms with Gasteiger partial charge in [0.2, 0.25) is 0 Å². The first-order valence-corrected chi connectivity index (χ1v) is 8.13. The lowest BCUT2D eigenvalue weighted by molar-refractivity contribution is -0.121. The van der Waals surface area contributed by atoms with Crippen molar-refractivity contribution in [3.05, 3.63) is 29.8 Å². The van der Waals surface area contributed by atoms with Crippen LogP contribution in [0.25, 0.3) is 0 Å². The summed E-state index contributed by atoms with van der Waals surface area (Å²) < 4.78 is 27.9. The summed E-state index contributed by atoms with van der Waals surface area (Å²) in [4.78, 5) is 13.6. The van der Waals surface area contributed by atoms with Gasteiger partial charge in [-0.05, 0) is 31.9 Å². The summed E-state index contributed by atoms with van der Waals surface area (Å²) in [6, 6.07) is 6.90. The lowest BCUT2D eigenvalue weighted by Gasteiger charge is -2.32. The molecule has 2 aliphatic heterocycles. The second-order valence-electron chi connectivity index (χ2n) is 5.26. The lowest BCUT2D eigenvalue weighted by Crippen LogP contribution is -2.39. The average molecular weight is 292 g/mol. The van der Waals surface area contributed by atoms with E-state index in [1.54, 1.807) is 25.1 Å². The van der Waals surface area contributed by atoms with Crippen LogP contribution in [-0.4, -0.2) is 38.0 Å². The van der Waals surface area contributed by atoms with Crippen LogP contribution in [0.2, 0.25) is 0 Å². The molecule has 0 aliphatic carbocycles. The molecule has 0 saturated carbocycles. The van der Waals surface area contributed by atoms with Crippen LogP contribution in [0.3, 0.4) is 0 Å². The summed E-state index contributed by atoms with van der Waals surface area (Å²) in [6.07, 6.45) is 1.52. The van der Waals surface area contributed by atoms with Gasteiger partial charge in [0.25, 0.3) is 10.0 Å². The van der Waals surface area contributed by atoms with E-state index in [9.17, 15) is 13.2 Å². The van der Waals surface area contributed by atoms with Crippen LogP contribution in [0.15, 0.2) is 33.6 Å². The summed E-state index contributed by atoms with van der Waals surface area (Å²) in [6.45, 7) is 2.97. The van der Waals surface area contributed by atoms with Crippen molar-refractivity contribution in [2.45, 2.75) is 24.7 Å². The van der Waals surface area contributed by atoms with Crippen molar-refractivity contribution < 1.29 is 13.2 Å². The van der Waals surface area contributed by atoms with E-state index >= 15 is 0 Å². The molecule has 3 rings (SSSR count). The fourth-order valence-electron chi connectivity index (χ4n) is 2.81. The molecule has 0 radical (unpaired) electrons. The van der Waals surface area contributed by atoms with Gasteiger partial charge in [-0.2, -0.15) is 8.42 Å². The van der Waals surface area contributed by atoms with Gasteiger partial charge >= 0.3 is 0 Å². The van der Waals surface area contributed by atoms with E-state index in [1.165, 1.54) is 0 Å². The minimum absolute atomic E-state index is 0.0973. The summed E-state index contributed by atoms with van der Waals surface area (Å²) >= 11 is 0. The van der Waals surface area contributed by atoms with Gasteiger partial charge in [-0.3, -0.25) is 4.79 Å². The smallest absolute Gasteiger partial charge is 0.285 e. The number of sulfonamides is 1. The maximum Gasteiger partial charge on any atom is 0.285 e. The molecule has 2 aliphatic rings. The fourth-order valence-corrected chi connectivity index (χ4v) is 4.04. The molecule has 0 bridgehead atoms. The minimum Gasteiger partial charge on any atom is -0.355 e. The molecule has 6 heteroatoms. The van der Waals surface area contributed by atoms with E-state index in [4.69, 9.17) is 0 Å². The normalized spacial score (nSPS) is 21.4. The van der Waals surface area contributed by atoms with Crippen molar-refractivity contribution in [3.8, 4) is 0 Å². The molecular formula is C14H16N2O3S. The molecule has 20 heavy (non-hydrogen) atoms. The van der Waals surface area contributed by atoms with Crippen molar-refractivity contribution in [2.75, 3.05) is 13.1 Å². The van der Waals surface area contributed by atoms with Gasteiger partial charge in [-0.1, -0.05) is 12.1 Å². The molecule has 0 aromatic heterocycles. The zero-order valence-corrected chi connectivity index (χ0v) is 12.1. The number of piperidine rings is 1. The third kappa shape index (κ3) is 2.14. The van der Waals surface area contributed by atoms with Gasteiger partial charge < -0.3 is 4.90 Å². The fraction of sp³-hybridized carbons (Fsp3) is 0.429. The molecule has 106 valence electrons.